The predicted octanol–water partition coefficient (Wildman–Crippen LogP) is 3.81. The molecule has 1 aliphatic carbocycles. The number of ether oxygens (including phenoxy) is 1. The third-order valence-corrected chi connectivity index (χ3v) is 5.88. The van der Waals surface area contributed by atoms with Crippen molar-refractivity contribution in [2.75, 3.05) is 7.11 Å². The molecule has 0 saturated heterocycles. The van der Waals surface area contributed by atoms with Crippen LogP contribution >= 0.6 is 0 Å². The number of nitrogens with zero attached hydrogens (tertiary/aromatic N) is 3. The summed E-state index contributed by atoms with van der Waals surface area (Å²) in [6, 6.07) is 8.31. The largest absolute Gasteiger partial charge is 0.497 e. The van der Waals surface area contributed by atoms with Gasteiger partial charge in [-0.2, -0.15) is 5.10 Å². The van der Waals surface area contributed by atoms with Gasteiger partial charge in [0.1, 0.15) is 5.75 Å². The Kier molecular flexibility index (Phi) is 5.88. The van der Waals surface area contributed by atoms with Gasteiger partial charge in [0.15, 0.2) is 0 Å². The third kappa shape index (κ3) is 4.52. The molecule has 27 heavy (non-hydrogen) atoms. The Bertz CT molecular complexity index is 791. The average Bonchev–Trinajstić information content (AvgIpc) is 3.47. The number of hydrogen-bond acceptors (Lipinski definition) is 3. The van der Waals surface area contributed by atoms with Gasteiger partial charge in [-0.25, -0.2) is 0 Å². The lowest BCUT2D eigenvalue weighted by Gasteiger charge is -2.30. The van der Waals surface area contributed by atoms with Crippen LogP contribution in [0, 0.1) is 19.8 Å². The molecule has 1 aliphatic rings. The summed E-state index contributed by atoms with van der Waals surface area (Å²) < 4.78 is 7.14. The highest BCUT2D eigenvalue weighted by atomic mass is 16.5. The summed E-state index contributed by atoms with van der Waals surface area (Å²) >= 11 is 0. The molecule has 0 spiro atoms. The lowest BCUT2D eigenvalue weighted by Crippen LogP contribution is -2.39. The fraction of sp³-hybridized carbons (Fsp3) is 0.545. The van der Waals surface area contributed by atoms with Crippen molar-refractivity contribution < 1.29 is 9.53 Å². The Morgan fingerprint density at radius 3 is 2.48 bits per heavy atom. The van der Waals surface area contributed by atoms with Crippen LogP contribution in [0.5, 0.6) is 5.75 Å². The number of carbonyl (C=O) groups is 1. The van der Waals surface area contributed by atoms with Crippen LogP contribution < -0.4 is 4.74 Å². The van der Waals surface area contributed by atoms with Crippen molar-refractivity contribution in [3.8, 4) is 5.75 Å². The monoisotopic (exact) mass is 369 g/mol. The first-order valence-electron chi connectivity index (χ1n) is 9.82. The van der Waals surface area contributed by atoms with Crippen molar-refractivity contribution in [3.05, 3.63) is 46.8 Å². The molecule has 0 radical (unpaired) electrons. The molecule has 1 aromatic heterocycles. The van der Waals surface area contributed by atoms with Crippen LogP contribution in [0.1, 0.15) is 48.7 Å². The zero-order chi connectivity index (χ0) is 19.6. The van der Waals surface area contributed by atoms with Crippen molar-refractivity contribution in [2.24, 2.45) is 13.0 Å². The molecule has 5 heteroatoms. The van der Waals surface area contributed by atoms with Gasteiger partial charge in [0.25, 0.3) is 0 Å². The minimum Gasteiger partial charge on any atom is -0.497 e. The molecule has 0 bridgehead atoms. The number of rotatable bonds is 8. The van der Waals surface area contributed by atoms with Gasteiger partial charge in [0, 0.05) is 31.7 Å². The SMILES string of the molecule is COc1ccc(CN(C(=O)CCc2c(C)nn(C)c2C)C(C)C2CC2)cc1. The summed E-state index contributed by atoms with van der Waals surface area (Å²) in [5, 5.41) is 4.47. The smallest absolute Gasteiger partial charge is 0.223 e. The van der Waals surface area contributed by atoms with Crippen LogP contribution in [0.15, 0.2) is 24.3 Å². The van der Waals surface area contributed by atoms with E-state index in [0.717, 1.165) is 29.1 Å². The van der Waals surface area contributed by atoms with Crippen molar-refractivity contribution in [3.63, 3.8) is 0 Å². The molecule has 3 rings (SSSR count). The normalized spacial score (nSPS) is 14.9. The van der Waals surface area contributed by atoms with Crippen LogP contribution in [-0.2, 0) is 24.8 Å². The first kappa shape index (κ1) is 19.5. The molecule has 1 fully saturated rings. The summed E-state index contributed by atoms with van der Waals surface area (Å²) in [6.07, 6.45) is 3.74. The standard InChI is InChI=1S/C22H31N3O2/c1-15-21(17(3)24(4)23-15)12-13-22(26)25(16(2)19-8-9-19)14-18-6-10-20(27-5)11-7-18/h6-7,10-11,16,19H,8-9,12-14H2,1-5H3. The summed E-state index contributed by atoms with van der Waals surface area (Å²) in [5.41, 5.74) is 4.52. The molecule has 1 heterocycles. The molecule has 1 aromatic carbocycles. The molecule has 1 amide bonds. The van der Waals surface area contributed by atoms with Crippen LogP contribution in [0.3, 0.4) is 0 Å². The molecule has 1 saturated carbocycles. The minimum absolute atomic E-state index is 0.230. The van der Waals surface area contributed by atoms with Gasteiger partial charge in [0.2, 0.25) is 5.91 Å². The highest BCUT2D eigenvalue weighted by Crippen LogP contribution is 2.36. The zero-order valence-electron chi connectivity index (χ0n) is 17.2. The van der Waals surface area contributed by atoms with Gasteiger partial charge in [-0.05, 0) is 69.2 Å². The van der Waals surface area contributed by atoms with E-state index < -0.39 is 0 Å². The molecule has 1 unspecified atom stereocenters. The van der Waals surface area contributed by atoms with Crippen LogP contribution in [-0.4, -0.2) is 33.7 Å². The van der Waals surface area contributed by atoms with E-state index in [1.165, 1.54) is 18.4 Å². The second-order valence-electron chi connectivity index (χ2n) is 7.72. The lowest BCUT2D eigenvalue weighted by atomic mass is 10.1. The van der Waals surface area contributed by atoms with Crippen LogP contribution in [0.4, 0.5) is 0 Å². The Labute approximate surface area is 162 Å². The molecule has 2 aromatic rings. The van der Waals surface area contributed by atoms with Gasteiger partial charge < -0.3 is 9.64 Å². The van der Waals surface area contributed by atoms with E-state index in [4.69, 9.17) is 4.74 Å². The predicted molar refractivity (Wildman–Crippen MR) is 107 cm³/mol. The summed E-state index contributed by atoms with van der Waals surface area (Å²) in [7, 11) is 3.63. The zero-order valence-corrected chi connectivity index (χ0v) is 17.2. The molecule has 1 atom stereocenters. The number of aryl methyl sites for hydroxylation is 2. The summed E-state index contributed by atoms with van der Waals surface area (Å²) in [4.78, 5) is 15.2. The van der Waals surface area contributed by atoms with E-state index in [1.54, 1.807) is 7.11 Å². The topological polar surface area (TPSA) is 47.4 Å². The molecule has 0 N–H and O–H groups in total. The van der Waals surface area contributed by atoms with E-state index in [2.05, 4.69) is 23.8 Å². The van der Waals surface area contributed by atoms with E-state index in [-0.39, 0.29) is 11.9 Å². The Morgan fingerprint density at radius 2 is 1.96 bits per heavy atom. The van der Waals surface area contributed by atoms with Crippen molar-refractivity contribution >= 4 is 5.91 Å². The van der Waals surface area contributed by atoms with Gasteiger partial charge in [-0.15, -0.1) is 0 Å². The minimum atomic E-state index is 0.230. The van der Waals surface area contributed by atoms with Gasteiger partial charge in [0.05, 0.1) is 12.8 Å². The fourth-order valence-corrected chi connectivity index (χ4v) is 3.77. The Balaban J connectivity index is 1.70. The van der Waals surface area contributed by atoms with E-state index >= 15 is 0 Å². The fourth-order valence-electron chi connectivity index (χ4n) is 3.77. The first-order valence-corrected chi connectivity index (χ1v) is 9.82. The van der Waals surface area contributed by atoms with Crippen molar-refractivity contribution in [1.29, 1.82) is 0 Å². The number of benzene rings is 1. The Hall–Kier alpha value is -2.30. The molecular formula is C22H31N3O2. The van der Waals surface area contributed by atoms with Gasteiger partial charge in [-0.1, -0.05) is 12.1 Å². The summed E-state index contributed by atoms with van der Waals surface area (Å²) in [5.74, 6) is 1.72. The number of hydrogen-bond donors (Lipinski definition) is 0. The summed E-state index contributed by atoms with van der Waals surface area (Å²) in [6.45, 7) is 6.95. The molecule has 0 aliphatic heterocycles. The van der Waals surface area contributed by atoms with E-state index in [9.17, 15) is 4.79 Å². The quantitative estimate of drug-likeness (QED) is 0.711. The van der Waals surface area contributed by atoms with Crippen LogP contribution in [0.2, 0.25) is 0 Å². The second-order valence-corrected chi connectivity index (χ2v) is 7.72. The molecular weight excluding hydrogens is 338 g/mol. The molecule has 5 nitrogen and oxygen atoms in total. The second kappa shape index (κ2) is 8.15. The molecule has 146 valence electrons. The highest BCUT2D eigenvalue weighted by molar-refractivity contribution is 5.77. The highest BCUT2D eigenvalue weighted by Gasteiger charge is 2.34. The maximum atomic E-state index is 13.1. The number of amides is 1. The average molecular weight is 370 g/mol. The third-order valence-electron chi connectivity index (χ3n) is 5.88. The van der Waals surface area contributed by atoms with Crippen molar-refractivity contribution in [1.82, 2.24) is 14.7 Å². The van der Waals surface area contributed by atoms with Gasteiger partial charge >= 0.3 is 0 Å². The van der Waals surface area contributed by atoms with Gasteiger partial charge in [-0.3, -0.25) is 9.48 Å². The number of carbonyl (C=O) groups excluding carboxylic acids is 1. The maximum Gasteiger partial charge on any atom is 0.223 e. The maximum absolute atomic E-state index is 13.1. The van der Waals surface area contributed by atoms with E-state index in [1.807, 2.05) is 42.9 Å². The lowest BCUT2D eigenvalue weighted by molar-refractivity contribution is -0.134. The van der Waals surface area contributed by atoms with Crippen molar-refractivity contribution in [2.45, 2.75) is 59.0 Å². The van der Waals surface area contributed by atoms with Crippen LogP contribution in [0.25, 0.3) is 0 Å². The first-order chi connectivity index (χ1) is 12.9. The number of methoxy groups -OCH3 is 1. The number of aromatic nitrogens is 2. The Morgan fingerprint density at radius 1 is 1.30 bits per heavy atom. The van der Waals surface area contributed by atoms with E-state index in [0.29, 0.717) is 18.9 Å².